The number of nitrogens with one attached hydrogen (secondary N) is 1. The van der Waals surface area contributed by atoms with Gasteiger partial charge in [-0.25, -0.2) is 8.42 Å². The highest BCUT2D eigenvalue weighted by molar-refractivity contribution is 7.89. The van der Waals surface area contributed by atoms with Crippen molar-refractivity contribution in [2.45, 2.75) is 31.2 Å². The molecule has 0 unspecified atom stereocenters. The highest BCUT2D eigenvalue weighted by Gasteiger charge is 2.29. The summed E-state index contributed by atoms with van der Waals surface area (Å²) < 4.78 is 27.3. The Kier molecular flexibility index (Phi) is 6.65. The number of piperidine rings is 1. The zero-order valence-corrected chi connectivity index (χ0v) is 17.8. The average Bonchev–Trinajstić information content (AvgIpc) is 2.67. The summed E-state index contributed by atoms with van der Waals surface area (Å²) in [5, 5.41) is 3.49. The van der Waals surface area contributed by atoms with Crippen molar-refractivity contribution in [1.29, 1.82) is 0 Å². The summed E-state index contributed by atoms with van der Waals surface area (Å²) in [4.78, 5) is 12.7. The lowest BCUT2D eigenvalue weighted by atomic mass is 10.0. The molecule has 1 amide bonds. The molecule has 2 aromatic carbocycles. The zero-order chi connectivity index (χ0) is 20.3. The Morgan fingerprint density at radius 3 is 2.46 bits per heavy atom. The molecule has 0 aliphatic carbocycles. The van der Waals surface area contributed by atoms with E-state index in [0.717, 1.165) is 18.4 Å². The molecule has 0 aromatic heterocycles. The fourth-order valence-electron chi connectivity index (χ4n) is 3.13. The van der Waals surface area contributed by atoms with E-state index in [1.54, 1.807) is 12.1 Å². The van der Waals surface area contributed by atoms with E-state index in [0.29, 0.717) is 24.0 Å². The lowest BCUT2D eigenvalue weighted by Gasteiger charge is -2.29. The average molecular weight is 441 g/mol. The summed E-state index contributed by atoms with van der Waals surface area (Å²) in [6.45, 7) is 3.31. The van der Waals surface area contributed by atoms with E-state index in [-0.39, 0.29) is 22.0 Å². The molecule has 0 atom stereocenters. The smallest absolute Gasteiger partial charge is 0.253 e. The van der Waals surface area contributed by atoms with Crippen molar-refractivity contribution in [3.8, 4) is 0 Å². The summed E-state index contributed by atoms with van der Waals surface area (Å²) in [7, 11) is -3.66. The Balaban J connectivity index is 1.79. The first-order chi connectivity index (χ1) is 13.3. The lowest BCUT2D eigenvalue weighted by molar-refractivity contribution is 0.0951. The van der Waals surface area contributed by atoms with Crippen LogP contribution in [0.5, 0.6) is 0 Å². The van der Waals surface area contributed by atoms with Gasteiger partial charge < -0.3 is 5.32 Å². The van der Waals surface area contributed by atoms with E-state index in [9.17, 15) is 13.2 Å². The number of hydrogen-bond acceptors (Lipinski definition) is 3. The van der Waals surface area contributed by atoms with Crippen LogP contribution in [0, 0.1) is 5.92 Å². The van der Waals surface area contributed by atoms with Crippen molar-refractivity contribution in [2.24, 2.45) is 5.92 Å². The molecule has 1 fully saturated rings. The first kappa shape index (κ1) is 21.1. The van der Waals surface area contributed by atoms with Crippen LogP contribution in [0.1, 0.15) is 35.7 Å². The monoisotopic (exact) mass is 440 g/mol. The maximum absolute atomic E-state index is 12.9. The van der Waals surface area contributed by atoms with Gasteiger partial charge in [-0.05, 0) is 48.6 Å². The van der Waals surface area contributed by atoms with E-state index in [1.807, 2.05) is 12.1 Å². The van der Waals surface area contributed by atoms with Gasteiger partial charge in [0.25, 0.3) is 5.91 Å². The lowest BCUT2D eigenvalue weighted by Crippen LogP contribution is -2.38. The Bertz CT molecular complexity index is 971. The predicted molar refractivity (Wildman–Crippen MR) is 111 cm³/mol. The Morgan fingerprint density at radius 2 is 1.79 bits per heavy atom. The Hall–Kier alpha value is -1.60. The number of amides is 1. The van der Waals surface area contributed by atoms with E-state index < -0.39 is 15.9 Å². The normalized spacial score (nSPS) is 16.1. The topological polar surface area (TPSA) is 66.5 Å². The number of rotatable bonds is 5. The van der Waals surface area contributed by atoms with Crippen LogP contribution >= 0.6 is 23.2 Å². The van der Waals surface area contributed by atoms with Crippen LogP contribution in [0.2, 0.25) is 10.0 Å². The highest BCUT2D eigenvalue weighted by atomic mass is 35.5. The third-order valence-corrected chi connectivity index (χ3v) is 7.55. The molecule has 0 bridgehead atoms. The molecular formula is C20H22Cl2N2O3S. The molecule has 28 heavy (non-hydrogen) atoms. The maximum Gasteiger partial charge on any atom is 0.253 e. The van der Waals surface area contributed by atoms with Crippen molar-refractivity contribution in [2.75, 3.05) is 13.1 Å². The second-order valence-corrected chi connectivity index (χ2v) is 9.75. The van der Waals surface area contributed by atoms with Crippen LogP contribution < -0.4 is 5.32 Å². The number of carbonyl (C=O) groups is 1. The van der Waals surface area contributed by atoms with Gasteiger partial charge >= 0.3 is 0 Å². The first-order valence-corrected chi connectivity index (χ1v) is 11.3. The Morgan fingerprint density at radius 1 is 1.11 bits per heavy atom. The van der Waals surface area contributed by atoms with Gasteiger partial charge in [-0.3, -0.25) is 4.79 Å². The molecule has 0 spiro atoms. The fraction of sp³-hybridized carbons (Fsp3) is 0.350. The third-order valence-electron chi connectivity index (χ3n) is 4.96. The standard InChI is InChI=1S/C20H22Cl2N2O3S/c1-14-8-10-24(11-9-14)28(26,27)16-6-7-19(22)17(12-16)20(25)23-13-15-4-2-3-5-18(15)21/h2-7,12,14H,8-11,13H2,1H3,(H,23,25). The number of carbonyl (C=O) groups excluding carboxylic acids is 1. The van der Waals surface area contributed by atoms with Gasteiger partial charge in [0.1, 0.15) is 0 Å². The van der Waals surface area contributed by atoms with Gasteiger partial charge in [0.2, 0.25) is 10.0 Å². The van der Waals surface area contributed by atoms with Gasteiger partial charge in [-0.2, -0.15) is 4.31 Å². The number of hydrogen-bond donors (Lipinski definition) is 1. The van der Waals surface area contributed by atoms with Crippen molar-refractivity contribution < 1.29 is 13.2 Å². The molecule has 2 aromatic rings. The minimum atomic E-state index is -3.66. The van der Waals surface area contributed by atoms with Crippen molar-refractivity contribution in [1.82, 2.24) is 9.62 Å². The quantitative estimate of drug-likeness (QED) is 0.751. The summed E-state index contributed by atoms with van der Waals surface area (Å²) in [6, 6.07) is 11.4. The fourth-order valence-corrected chi connectivity index (χ4v) is 5.03. The van der Waals surface area contributed by atoms with E-state index in [4.69, 9.17) is 23.2 Å². The van der Waals surface area contributed by atoms with Gasteiger partial charge in [0.05, 0.1) is 15.5 Å². The van der Waals surface area contributed by atoms with Crippen LogP contribution in [0.15, 0.2) is 47.4 Å². The van der Waals surface area contributed by atoms with Crippen LogP contribution in [0.3, 0.4) is 0 Å². The van der Waals surface area contributed by atoms with Crippen LogP contribution in [-0.2, 0) is 16.6 Å². The van der Waals surface area contributed by atoms with Crippen LogP contribution in [0.4, 0.5) is 0 Å². The third kappa shape index (κ3) is 4.69. The van der Waals surface area contributed by atoms with Gasteiger partial charge in [0.15, 0.2) is 0 Å². The second-order valence-electron chi connectivity index (χ2n) is 7.00. The van der Waals surface area contributed by atoms with E-state index >= 15 is 0 Å². The minimum absolute atomic E-state index is 0.0781. The molecule has 0 saturated carbocycles. The van der Waals surface area contributed by atoms with Gasteiger partial charge in [0, 0.05) is 24.7 Å². The number of nitrogens with zero attached hydrogens (tertiary/aromatic N) is 1. The number of benzene rings is 2. The molecule has 1 N–H and O–H groups in total. The number of sulfonamides is 1. The first-order valence-electron chi connectivity index (χ1n) is 9.10. The molecule has 1 saturated heterocycles. The predicted octanol–water partition coefficient (Wildman–Crippen LogP) is 4.34. The number of halogens is 2. The van der Waals surface area contributed by atoms with Gasteiger partial charge in [-0.1, -0.05) is 48.3 Å². The molecule has 0 radical (unpaired) electrons. The molecule has 5 nitrogen and oxygen atoms in total. The Labute approximate surface area is 175 Å². The summed E-state index contributed by atoms with van der Waals surface area (Å²) in [6.07, 6.45) is 1.66. The zero-order valence-electron chi connectivity index (χ0n) is 15.5. The molecular weight excluding hydrogens is 419 g/mol. The van der Waals surface area contributed by atoms with Gasteiger partial charge in [-0.15, -0.1) is 0 Å². The minimum Gasteiger partial charge on any atom is -0.348 e. The molecule has 8 heteroatoms. The van der Waals surface area contributed by atoms with Crippen LogP contribution in [0.25, 0.3) is 0 Å². The SMILES string of the molecule is CC1CCN(S(=O)(=O)c2ccc(Cl)c(C(=O)NCc3ccccc3Cl)c2)CC1. The molecule has 1 heterocycles. The molecule has 1 aliphatic rings. The summed E-state index contributed by atoms with van der Waals surface area (Å²) >= 11 is 12.3. The highest BCUT2D eigenvalue weighted by Crippen LogP contribution is 2.26. The van der Waals surface area contributed by atoms with Crippen LogP contribution in [-0.4, -0.2) is 31.7 Å². The largest absolute Gasteiger partial charge is 0.348 e. The maximum atomic E-state index is 12.9. The van der Waals surface area contributed by atoms with Crippen molar-refractivity contribution >= 4 is 39.1 Å². The summed E-state index contributed by atoms with van der Waals surface area (Å²) in [5.74, 6) is 0.0667. The molecule has 1 aliphatic heterocycles. The van der Waals surface area contributed by atoms with Crippen molar-refractivity contribution in [3.05, 3.63) is 63.6 Å². The van der Waals surface area contributed by atoms with Crippen molar-refractivity contribution in [3.63, 3.8) is 0 Å². The second kappa shape index (κ2) is 8.82. The van der Waals surface area contributed by atoms with E-state index in [1.165, 1.54) is 22.5 Å². The molecule has 3 rings (SSSR count). The molecule has 150 valence electrons. The summed E-state index contributed by atoms with van der Waals surface area (Å²) in [5.41, 5.74) is 0.889. The van der Waals surface area contributed by atoms with E-state index in [2.05, 4.69) is 12.2 Å².